The summed E-state index contributed by atoms with van der Waals surface area (Å²) in [5, 5.41) is 1.01. The Balaban J connectivity index is 3.05. The van der Waals surface area contributed by atoms with E-state index in [-0.39, 0.29) is 11.8 Å². The Labute approximate surface area is 93.9 Å². The molecule has 0 bridgehead atoms. The van der Waals surface area contributed by atoms with Crippen LogP contribution < -0.4 is 11.3 Å². The summed E-state index contributed by atoms with van der Waals surface area (Å²) in [5.41, 5.74) is 3.02. The molecule has 0 saturated heterocycles. The molecular formula is C10H17N3OS. The van der Waals surface area contributed by atoms with Gasteiger partial charge in [0.25, 0.3) is 5.91 Å². The topological polar surface area (TPSA) is 68.0 Å². The maximum absolute atomic E-state index is 11.5. The molecule has 0 unspecified atom stereocenters. The highest BCUT2D eigenvalue weighted by molar-refractivity contribution is 7.13. The van der Waals surface area contributed by atoms with Crippen molar-refractivity contribution in [1.82, 2.24) is 10.4 Å². The van der Waals surface area contributed by atoms with Crippen molar-refractivity contribution in [2.45, 2.75) is 39.5 Å². The van der Waals surface area contributed by atoms with Crippen LogP contribution in [-0.2, 0) is 6.42 Å². The molecule has 1 amide bonds. The summed E-state index contributed by atoms with van der Waals surface area (Å²) in [6.45, 7) is 6.15. The van der Waals surface area contributed by atoms with Gasteiger partial charge in [0, 0.05) is 0 Å². The van der Waals surface area contributed by atoms with E-state index < -0.39 is 0 Å². The molecule has 15 heavy (non-hydrogen) atoms. The number of nitrogens with one attached hydrogen (secondary N) is 1. The van der Waals surface area contributed by atoms with E-state index in [1.165, 1.54) is 11.3 Å². The van der Waals surface area contributed by atoms with E-state index >= 15 is 0 Å². The fourth-order valence-corrected chi connectivity index (χ4v) is 2.54. The number of thiazole rings is 1. The quantitative estimate of drug-likeness (QED) is 0.468. The molecule has 0 aliphatic heterocycles. The molecule has 0 aliphatic rings. The van der Waals surface area contributed by atoms with Gasteiger partial charge in [-0.3, -0.25) is 10.2 Å². The summed E-state index contributed by atoms with van der Waals surface area (Å²) in [4.78, 5) is 16.6. The van der Waals surface area contributed by atoms with Gasteiger partial charge < -0.3 is 0 Å². The second kappa shape index (κ2) is 5.23. The average molecular weight is 227 g/mol. The Morgan fingerprint density at radius 1 is 1.60 bits per heavy atom. The molecule has 0 radical (unpaired) electrons. The number of hydrogen-bond acceptors (Lipinski definition) is 4. The molecule has 5 heteroatoms. The van der Waals surface area contributed by atoms with Crippen molar-refractivity contribution in [3.63, 3.8) is 0 Å². The predicted molar refractivity (Wildman–Crippen MR) is 61.9 cm³/mol. The molecule has 84 valence electrons. The van der Waals surface area contributed by atoms with Gasteiger partial charge in [0.05, 0.1) is 10.7 Å². The minimum atomic E-state index is -0.237. The normalized spacial score (nSPS) is 10.7. The number of carbonyl (C=O) groups excluding carboxylic acids is 1. The monoisotopic (exact) mass is 227 g/mol. The summed E-state index contributed by atoms with van der Waals surface area (Å²) in [6, 6.07) is 0. The Bertz CT molecular complexity index is 346. The molecular weight excluding hydrogens is 210 g/mol. The molecule has 1 rings (SSSR count). The van der Waals surface area contributed by atoms with Crippen LogP contribution in [0.4, 0.5) is 0 Å². The first-order valence-corrected chi connectivity index (χ1v) is 5.92. The number of carbonyl (C=O) groups is 1. The summed E-state index contributed by atoms with van der Waals surface area (Å²) < 4.78 is 0. The average Bonchev–Trinajstić information content (AvgIpc) is 2.61. The van der Waals surface area contributed by atoms with Crippen LogP contribution in [0.15, 0.2) is 0 Å². The second-order valence-corrected chi connectivity index (χ2v) is 4.78. The maximum Gasteiger partial charge on any atom is 0.277 e. The lowest BCUT2D eigenvalue weighted by atomic mass is 10.1. The fraction of sp³-hybridized carbons (Fsp3) is 0.600. The van der Waals surface area contributed by atoms with Gasteiger partial charge in [-0.2, -0.15) is 0 Å². The van der Waals surface area contributed by atoms with Crippen LogP contribution in [0.5, 0.6) is 0 Å². The van der Waals surface area contributed by atoms with Gasteiger partial charge >= 0.3 is 0 Å². The van der Waals surface area contributed by atoms with Crippen molar-refractivity contribution < 1.29 is 4.79 Å². The number of hydrogen-bond donors (Lipinski definition) is 2. The minimum Gasteiger partial charge on any atom is -0.289 e. The summed E-state index contributed by atoms with van der Waals surface area (Å²) >= 11 is 1.44. The van der Waals surface area contributed by atoms with Crippen LogP contribution in [0.2, 0.25) is 0 Å². The van der Waals surface area contributed by atoms with Gasteiger partial charge in [-0.15, -0.1) is 11.3 Å². The first kappa shape index (κ1) is 12.1. The highest BCUT2D eigenvalue weighted by Crippen LogP contribution is 2.25. The summed E-state index contributed by atoms with van der Waals surface area (Å²) in [7, 11) is 0. The van der Waals surface area contributed by atoms with Crippen LogP contribution in [0.1, 0.15) is 53.5 Å². The van der Waals surface area contributed by atoms with Crippen LogP contribution in [0.3, 0.4) is 0 Å². The largest absolute Gasteiger partial charge is 0.289 e. The number of hydrazine groups is 1. The van der Waals surface area contributed by atoms with Crippen molar-refractivity contribution in [2.75, 3.05) is 0 Å². The number of aryl methyl sites for hydroxylation is 1. The molecule has 1 aromatic heterocycles. The Morgan fingerprint density at radius 2 is 2.27 bits per heavy atom. The predicted octanol–water partition coefficient (Wildman–Crippen LogP) is 1.82. The number of nitrogen functional groups attached to an aromatic ring is 1. The SMILES string of the molecule is CCCc1nc(C(C)C)c(C(=O)NN)s1. The Hall–Kier alpha value is -0.940. The smallest absolute Gasteiger partial charge is 0.277 e. The molecule has 0 atom stereocenters. The highest BCUT2D eigenvalue weighted by Gasteiger charge is 2.18. The third kappa shape index (κ3) is 2.76. The summed E-state index contributed by atoms with van der Waals surface area (Å²) in [6.07, 6.45) is 1.96. The fourth-order valence-electron chi connectivity index (χ4n) is 1.32. The van der Waals surface area contributed by atoms with E-state index in [0.717, 1.165) is 23.5 Å². The van der Waals surface area contributed by atoms with Gasteiger partial charge in [0.15, 0.2) is 0 Å². The van der Waals surface area contributed by atoms with Gasteiger partial charge in [0.1, 0.15) is 4.88 Å². The van der Waals surface area contributed by atoms with Crippen LogP contribution in [0.25, 0.3) is 0 Å². The molecule has 0 saturated carbocycles. The molecule has 1 aromatic rings. The lowest BCUT2D eigenvalue weighted by Crippen LogP contribution is -2.30. The Morgan fingerprint density at radius 3 is 2.73 bits per heavy atom. The minimum absolute atomic E-state index is 0.237. The van der Waals surface area contributed by atoms with Crippen molar-refractivity contribution in [1.29, 1.82) is 0 Å². The lowest BCUT2D eigenvalue weighted by molar-refractivity contribution is 0.0956. The number of nitrogens with two attached hydrogens (primary N) is 1. The van der Waals surface area contributed by atoms with E-state index in [2.05, 4.69) is 17.3 Å². The van der Waals surface area contributed by atoms with Crippen LogP contribution in [-0.4, -0.2) is 10.9 Å². The van der Waals surface area contributed by atoms with E-state index in [1.807, 2.05) is 13.8 Å². The van der Waals surface area contributed by atoms with E-state index in [1.54, 1.807) is 0 Å². The molecule has 4 nitrogen and oxygen atoms in total. The van der Waals surface area contributed by atoms with Crippen molar-refractivity contribution in [3.05, 3.63) is 15.6 Å². The zero-order chi connectivity index (χ0) is 11.4. The van der Waals surface area contributed by atoms with E-state index in [0.29, 0.717) is 4.88 Å². The summed E-state index contributed by atoms with van der Waals surface area (Å²) in [5.74, 6) is 5.15. The lowest BCUT2D eigenvalue weighted by Gasteiger charge is -2.02. The standard InChI is InChI=1S/C10H17N3OS/c1-4-5-7-12-8(6(2)3)9(15-7)10(14)13-11/h6H,4-5,11H2,1-3H3,(H,13,14). The van der Waals surface area contributed by atoms with Crippen molar-refractivity contribution >= 4 is 17.2 Å². The molecule has 0 aliphatic carbocycles. The highest BCUT2D eigenvalue weighted by atomic mass is 32.1. The molecule has 0 aromatic carbocycles. The zero-order valence-corrected chi connectivity index (χ0v) is 10.1. The molecule has 1 heterocycles. The number of rotatable bonds is 4. The van der Waals surface area contributed by atoms with Crippen molar-refractivity contribution in [3.8, 4) is 0 Å². The maximum atomic E-state index is 11.5. The molecule has 0 fully saturated rings. The Kier molecular flexibility index (Phi) is 4.23. The zero-order valence-electron chi connectivity index (χ0n) is 9.33. The van der Waals surface area contributed by atoms with Crippen molar-refractivity contribution in [2.24, 2.45) is 5.84 Å². The molecule has 0 spiro atoms. The van der Waals surface area contributed by atoms with E-state index in [4.69, 9.17) is 5.84 Å². The number of aromatic nitrogens is 1. The third-order valence-electron chi connectivity index (χ3n) is 2.05. The number of amides is 1. The van der Waals surface area contributed by atoms with Gasteiger partial charge in [-0.05, 0) is 18.8 Å². The second-order valence-electron chi connectivity index (χ2n) is 3.70. The van der Waals surface area contributed by atoms with Crippen LogP contribution in [0, 0.1) is 0 Å². The van der Waals surface area contributed by atoms with Crippen LogP contribution >= 0.6 is 11.3 Å². The van der Waals surface area contributed by atoms with Gasteiger partial charge in [-0.1, -0.05) is 20.8 Å². The first-order chi connectivity index (χ1) is 7.10. The van der Waals surface area contributed by atoms with Gasteiger partial charge in [0.2, 0.25) is 0 Å². The van der Waals surface area contributed by atoms with Gasteiger partial charge in [-0.25, -0.2) is 10.8 Å². The third-order valence-corrected chi connectivity index (χ3v) is 3.18. The molecule has 3 N–H and O–H groups in total. The van der Waals surface area contributed by atoms with E-state index in [9.17, 15) is 4.79 Å². The number of nitrogens with zero attached hydrogens (tertiary/aromatic N) is 1. The first-order valence-electron chi connectivity index (χ1n) is 5.10.